The maximum absolute atomic E-state index is 12.8. The van der Waals surface area contributed by atoms with Gasteiger partial charge in [0.05, 0.1) is 0 Å². The summed E-state index contributed by atoms with van der Waals surface area (Å²) in [6, 6.07) is 4.24. The van der Waals surface area contributed by atoms with Crippen molar-refractivity contribution in [3.63, 3.8) is 0 Å². The standard InChI is InChI=1S/C11H10BrFOS/c12-10-5-8(13)1-2-9(10)11(14)7-3-4-15-6-7/h1-2,5,7H,3-4,6H2. The molecule has 0 radical (unpaired) electrons. The Balaban J connectivity index is 2.24. The van der Waals surface area contributed by atoms with E-state index >= 15 is 0 Å². The fourth-order valence-electron chi connectivity index (χ4n) is 1.65. The van der Waals surface area contributed by atoms with Crippen LogP contribution in [-0.4, -0.2) is 17.3 Å². The van der Waals surface area contributed by atoms with Crippen molar-refractivity contribution in [1.82, 2.24) is 0 Å². The molecule has 0 spiro atoms. The van der Waals surface area contributed by atoms with Gasteiger partial charge >= 0.3 is 0 Å². The largest absolute Gasteiger partial charge is 0.294 e. The van der Waals surface area contributed by atoms with Crippen molar-refractivity contribution >= 4 is 33.5 Å². The van der Waals surface area contributed by atoms with Crippen LogP contribution in [0.4, 0.5) is 4.39 Å². The quantitative estimate of drug-likeness (QED) is 0.775. The fourth-order valence-corrected chi connectivity index (χ4v) is 3.42. The van der Waals surface area contributed by atoms with Crippen molar-refractivity contribution < 1.29 is 9.18 Å². The third-order valence-corrected chi connectivity index (χ3v) is 4.32. The number of Topliss-reactive ketones (excluding diaryl/α,β-unsaturated/α-hetero) is 1. The summed E-state index contributed by atoms with van der Waals surface area (Å²) in [6.45, 7) is 0. The smallest absolute Gasteiger partial charge is 0.167 e. The molecule has 1 aromatic rings. The highest BCUT2D eigenvalue weighted by molar-refractivity contribution is 9.10. The van der Waals surface area contributed by atoms with E-state index in [2.05, 4.69) is 15.9 Å². The summed E-state index contributed by atoms with van der Waals surface area (Å²) in [7, 11) is 0. The van der Waals surface area contributed by atoms with Crippen LogP contribution >= 0.6 is 27.7 Å². The normalized spacial score (nSPS) is 20.5. The van der Waals surface area contributed by atoms with E-state index in [0.29, 0.717) is 10.0 Å². The second-order valence-corrected chi connectivity index (χ2v) is 5.55. The van der Waals surface area contributed by atoms with Crippen LogP contribution in [0.25, 0.3) is 0 Å². The van der Waals surface area contributed by atoms with Crippen LogP contribution in [0.2, 0.25) is 0 Å². The highest BCUT2D eigenvalue weighted by Crippen LogP contribution is 2.29. The van der Waals surface area contributed by atoms with Crippen molar-refractivity contribution in [2.75, 3.05) is 11.5 Å². The van der Waals surface area contributed by atoms with Gasteiger partial charge < -0.3 is 0 Å². The van der Waals surface area contributed by atoms with Crippen LogP contribution in [0.5, 0.6) is 0 Å². The molecule has 4 heteroatoms. The van der Waals surface area contributed by atoms with Crippen LogP contribution in [0.3, 0.4) is 0 Å². The molecule has 0 amide bonds. The number of ketones is 1. The van der Waals surface area contributed by atoms with Gasteiger partial charge in [0.1, 0.15) is 5.82 Å². The number of halogens is 2. The Bertz CT molecular complexity index is 388. The number of hydrogen-bond acceptors (Lipinski definition) is 2. The minimum absolute atomic E-state index is 0.108. The summed E-state index contributed by atoms with van der Waals surface area (Å²) in [5, 5.41) is 0. The van der Waals surface area contributed by atoms with E-state index < -0.39 is 0 Å². The molecule has 1 atom stereocenters. The summed E-state index contributed by atoms with van der Waals surface area (Å²) < 4.78 is 13.4. The molecule has 1 aliphatic heterocycles. The lowest BCUT2D eigenvalue weighted by atomic mass is 9.97. The molecule has 0 saturated carbocycles. The van der Waals surface area contributed by atoms with E-state index in [1.807, 2.05) is 0 Å². The van der Waals surface area contributed by atoms with Crippen LogP contribution in [0.15, 0.2) is 22.7 Å². The van der Waals surface area contributed by atoms with Crippen molar-refractivity contribution in [2.45, 2.75) is 6.42 Å². The molecule has 1 fully saturated rings. The van der Waals surface area contributed by atoms with Gasteiger partial charge in [0.2, 0.25) is 0 Å². The number of carbonyl (C=O) groups is 1. The summed E-state index contributed by atoms with van der Waals surface area (Å²) in [5.74, 6) is 1.86. The molecule has 1 aromatic carbocycles. The molecular weight excluding hydrogens is 279 g/mol. The zero-order valence-electron chi connectivity index (χ0n) is 8.00. The molecule has 1 saturated heterocycles. The van der Waals surface area contributed by atoms with Gasteiger partial charge in [-0.2, -0.15) is 11.8 Å². The first-order chi connectivity index (χ1) is 7.18. The molecule has 0 aliphatic carbocycles. The third-order valence-electron chi connectivity index (χ3n) is 2.50. The maximum atomic E-state index is 12.8. The van der Waals surface area contributed by atoms with Crippen LogP contribution in [0, 0.1) is 11.7 Å². The monoisotopic (exact) mass is 288 g/mol. The Morgan fingerprint density at radius 3 is 2.93 bits per heavy atom. The van der Waals surface area contributed by atoms with E-state index in [4.69, 9.17) is 0 Å². The van der Waals surface area contributed by atoms with Crippen molar-refractivity contribution in [3.05, 3.63) is 34.1 Å². The molecular formula is C11H10BrFOS. The number of thioether (sulfide) groups is 1. The highest BCUT2D eigenvalue weighted by atomic mass is 79.9. The fraction of sp³-hybridized carbons (Fsp3) is 0.364. The number of hydrogen-bond donors (Lipinski definition) is 0. The number of carbonyl (C=O) groups excluding carboxylic acids is 1. The second-order valence-electron chi connectivity index (χ2n) is 3.55. The molecule has 1 aliphatic rings. The molecule has 2 rings (SSSR count). The Morgan fingerprint density at radius 1 is 1.53 bits per heavy atom. The third kappa shape index (κ3) is 2.42. The summed E-state index contributed by atoms with van der Waals surface area (Å²) in [5.41, 5.74) is 0.601. The Morgan fingerprint density at radius 2 is 2.33 bits per heavy atom. The molecule has 1 heterocycles. The predicted molar refractivity (Wildman–Crippen MR) is 63.9 cm³/mol. The lowest BCUT2D eigenvalue weighted by Gasteiger charge is -2.08. The van der Waals surface area contributed by atoms with Gasteiger partial charge in [-0.15, -0.1) is 0 Å². The van der Waals surface area contributed by atoms with Gasteiger partial charge in [0, 0.05) is 21.7 Å². The highest BCUT2D eigenvalue weighted by Gasteiger charge is 2.25. The van der Waals surface area contributed by atoms with Gasteiger partial charge in [-0.05, 0) is 46.3 Å². The van der Waals surface area contributed by atoms with Gasteiger partial charge in [-0.1, -0.05) is 0 Å². The molecule has 0 aromatic heterocycles. The van der Waals surface area contributed by atoms with Gasteiger partial charge in [0.15, 0.2) is 5.78 Å². The van der Waals surface area contributed by atoms with Crippen molar-refractivity contribution in [3.8, 4) is 0 Å². The summed E-state index contributed by atoms with van der Waals surface area (Å²) in [4.78, 5) is 12.0. The average Bonchev–Trinajstić information content (AvgIpc) is 2.69. The Hall–Kier alpha value is -0.350. The molecule has 1 unspecified atom stereocenters. The van der Waals surface area contributed by atoms with E-state index in [9.17, 15) is 9.18 Å². The van der Waals surface area contributed by atoms with Crippen LogP contribution in [-0.2, 0) is 0 Å². The molecule has 15 heavy (non-hydrogen) atoms. The van der Waals surface area contributed by atoms with Crippen LogP contribution in [0.1, 0.15) is 16.8 Å². The summed E-state index contributed by atoms with van der Waals surface area (Å²) in [6.07, 6.45) is 0.938. The first kappa shape index (κ1) is 11.1. The minimum atomic E-state index is -0.320. The molecule has 80 valence electrons. The van der Waals surface area contributed by atoms with Crippen LogP contribution < -0.4 is 0 Å². The SMILES string of the molecule is O=C(c1ccc(F)cc1Br)C1CCSC1. The molecule has 0 bridgehead atoms. The minimum Gasteiger partial charge on any atom is -0.294 e. The summed E-state index contributed by atoms with van der Waals surface area (Å²) >= 11 is 5.03. The first-order valence-corrected chi connectivity index (χ1v) is 6.70. The van der Waals surface area contributed by atoms with Crippen molar-refractivity contribution in [2.24, 2.45) is 5.92 Å². The predicted octanol–water partition coefficient (Wildman–Crippen LogP) is 3.52. The lowest BCUT2D eigenvalue weighted by Crippen LogP contribution is -2.14. The number of rotatable bonds is 2. The topological polar surface area (TPSA) is 17.1 Å². The van der Waals surface area contributed by atoms with Gasteiger partial charge in [-0.3, -0.25) is 4.79 Å². The molecule has 1 nitrogen and oxygen atoms in total. The number of benzene rings is 1. The Labute approximate surface area is 101 Å². The van der Waals surface area contributed by atoms with E-state index in [-0.39, 0.29) is 17.5 Å². The van der Waals surface area contributed by atoms with E-state index in [1.165, 1.54) is 12.1 Å². The van der Waals surface area contributed by atoms with Crippen molar-refractivity contribution in [1.29, 1.82) is 0 Å². The van der Waals surface area contributed by atoms with E-state index in [0.717, 1.165) is 17.9 Å². The maximum Gasteiger partial charge on any atom is 0.167 e. The van der Waals surface area contributed by atoms with Gasteiger partial charge in [-0.25, -0.2) is 4.39 Å². The zero-order chi connectivity index (χ0) is 10.8. The average molecular weight is 289 g/mol. The second kappa shape index (κ2) is 4.66. The van der Waals surface area contributed by atoms with Gasteiger partial charge in [0.25, 0.3) is 0 Å². The van der Waals surface area contributed by atoms with E-state index in [1.54, 1.807) is 17.8 Å². The lowest BCUT2D eigenvalue weighted by molar-refractivity contribution is 0.0933. The zero-order valence-corrected chi connectivity index (χ0v) is 10.4. The Kier molecular flexibility index (Phi) is 3.46. The molecule has 0 N–H and O–H groups in total. The first-order valence-electron chi connectivity index (χ1n) is 4.75.